The summed E-state index contributed by atoms with van der Waals surface area (Å²) in [5, 5.41) is 3.54. The van der Waals surface area contributed by atoms with Crippen molar-refractivity contribution in [1.29, 1.82) is 0 Å². The normalized spacial score (nSPS) is 15.1. The zero-order valence-corrected chi connectivity index (χ0v) is 10.8. The molecule has 3 nitrogen and oxygen atoms in total. The first kappa shape index (κ1) is 13.1. The Hall–Kier alpha value is -0.960. The highest BCUT2D eigenvalue weighted by Crippen LogP contribution is 2.25. The lowest BCUT2D eigenvalue weighted by Crippen LogP contribution is -2.35. The maximum Gasteiger partial charge on any atom is 0.0635 e. The maximum absolute atomic E-state index is 4.43. The minimum atomic E-state index is 0.431. The van der Waals surface area contributed by atoms with E-state index in [1.807, 2.05) is 6.20 Å². The van der Waals surface area contributed by atoms with E-state index in [9.17, 15) is 0 Å². The summed E-state index contributed by atoms with van der Waals surface area (Å²) in [6.45, 7) is 9.96. The minimum Gasteiger partial charge on any atom is -0.314 e. The van der Waals surface area contributed by atoms with Crippen LogP contribution in [0.15, 0.2) is 18.6 Å². The van der Waals surface area contributed by atoms with Crippen LogP contribution in [0.2, 0.25) is 0 Å². The van der Waals surface area contributed by atoms with E-state index in [2.05, 4.69) is 43.0 Å². The van der Waals surface area contributed by atoms with Crippen molar-refractivity contribution in [2.75, 3.05) is 6.54 Å². The maximum atomic E-state index is 4.43. The molecule has 3 heteroatoms. The van der Waals surface area contributed by atoms with Gasteiger partial charge >= 0.3 is 0 Å². The Balaban J connectivity index is 2.75. The van der Waals surface area contributed by atoms with Crippen molar-refractivity contribution < 1.29 is 0 Å². The Morgan fingerprint density at radius 1 is 1.25 bits per heavy atom. The summed E-state index contributed by atoms with van der Waals surface area (Å²) in [6.07, 6.45) is 6.55. The van der Waals surface area contributed by atoms with Crippen LogP contribution in [-0.4, -0.2) is 22.6 Å². The van der Waals surface area contributed by atoms with Crippen molar-refractivity contribution in [3.05, 3.63) is 24.3 Å². The Bertz CT molecular complexity index is 284. The number of nitrogens with zero attached hydrogens (tertiary/aromatic N) is 2. The van der Waals surface area contributed by atoms with E-state index in [4.69, 9.17) is 0 Å². The molecule has 0 saturated carbocycles. The molecule has 0 amide bonds. The molecule has 0 aliphatic rings. The van der Waals surface area contributed by atoms with Gasteiger partial charge in [-0.05, 0) is 25.8 Å². The molecule has 1 heterocycles. The zero-order chi connectivity index (χ0) is 12.0. The molecule has 0 radical (unpaired) electrons. The highest BCUT2D eigenvalue weighted by atomic mass is 14.9. The molecule has 90 valence electrons. The van der Waals surface area contributed by atoms with Gasteiger partial charge in [-0.1, -0.05) is 20.8 Å². The van der Waals surface area contributed by atoms with Gasteiger partial charge in [0.2, 0.25) is 0 Å². The molecule has 0 bridgehead atoms. The van der Waals surface area contributed by atoms with Gasteiger partial charge in [0.05, 0.1) is 5.69 Å². The van der Waals surface area contributed by atoms with Crippen LogP contribution in [0.25, 0.3) is 0 Å². The number of hydrogen-bond acceptors (Lipinski definition) is 3. The van der Waals surface area contributed by atoms with Gasteiger partial charge in [-0.25, -0.2) is 0 Å². The molecule has 0 saturated heterocycles. The van der Waals surface area contributed by atoms with Crippen LogP contribution in [0.5, 0.6) is 0 Å². The third kappa shape index (κ3) is 3.56. The molecule has 1 aromatic heterocycles. The van der Waals surface area contributed by atoms with Crippen LogP contribution in [0, 0.1) is 5.92 Å². The standard InChI is InChI=1S/C13H23N3/c1-5-6-15-11(4)13(10(2)3)12-9-14-7-8-16-12/h7-11,13,15H,5-6H2,1-4H3. The molecule has 16 heavy (non-hydrogen) atoms. The molecule has 0 spiro atoms. The topological polar surface area (TPSA) is 37.8 Å². The summed E-state index contributed by atoms with van der Waals surface area (Å²) >= 11 is 0. The van der Waals surface area contributed by atoms with E-state index in [-0.39, 0.29) is 0 Å². The number of rotatable bonds is 6. The van der Waals surface area contributed by atoms with Gasteiger partial charge in [-0.3, -0.25) is 9.97 Å². The first-order valence-electron chi connectivity index (χ1n) is 6.16. The summed E-state index contributed by atoms with van der Waals surface area (Å²) in [5.41, 5.74) is 1.09. The van der Waals surface area contributed by atoms with Gasteiger partial charge < -0.3 is 5.32 Å². The van der Waals surface area contributed by atoms with E-state index >= 15 is 0 Å². The lowest BCUT2D eigenvalue weighted by molar-refractivity contribution is 0.370. The quantitative estimate of drug-likeness (QED) is 0.802. The average Bonchev–Trinajstić information content (AvgIpc) is 2.27. The van der Waals surface area contributed by atoms with E-state index < -0.39 is 0 Å². The number of nitrogens with one attached hydrogen (secondary N) is 1. The first-order chi connectivity index (χ1) is 7.66. The van der Waals surface area contributed by atoms with Crippen LogP contribution < -0.4 is 5.32 Å². The van der Waals surface area contributed by atoms with Crippen molar-refractivity contribution in [2.24, 2.45) is 5.92 Å². The predicted octanol–water partition coefficient (Wildman–Crippen LogP) is 2.60. The van der Waals surface area contributed by atoms with Crippen molar-refractivity contribution in [2.45, 2.75) is 46.1 Å². The largest absolute Gasteiger partial charge is 0.314 e. The second-order valence-corrected chi connectivity index (χ2v) is 4.64. The number of hydrogen-bond donors (Lipinski definition) is 1. The lowest BCUT2D eigenvalue weighted by atomic mass is 9.86. The molecular weight excluding hydrogens is 198 g/mol. The SMILES string of the molecule is CCCNC(C)C(c1cnccn1)C(C)C. The monoisotopic (exact) mass is 221 g/mol. The fraction of sp³-hybridized carbons (Fsp3) is 0.692. The summed E-state index contributed by atoms with van der Waals surface area (Å²) < 4.78 is 0. The Labute approximate surface area is 98.7 Å². The third-order valence-corrected chi connectivity index (χ3v) is 2.90. The average molecular weight is 221 g/mol. The summed E-state index contributed by atoms with van der Waals surface area (Å²) in [7, 11) is 0. The third-order valence-electron chi connectivity index (χ3n) is 2.90. The second kappa shape index (κ2) is 6.59. The molecule has 0 aliphatic carbocycles. The molecule has 0 aromatic carbocycles. The minimum absolute atomic E-state index is 0.431. The van der Waals surface area contributed by atoms with Crippen LogP contribution in [0.4, 0.5) is 0 Å². The van der Waals surface area contributed by atoms with E-state index in [1.165, 1.54) is 0 Å². The number of aromatic nitrogens is 2. The van der Waals surface area contributed by atoms with Gasteiger partial charge in [0.15, 0.2) is 0 Å². The van der Waals surface area contributed by atoms with E-state index in [0.717, 1.165) is 18.7 Å². The Morgan fingerprint density at radius 3 is 2.50 bits per heavy atom. The van der Waals surface area contributed by atoms with Crippen molar-refractivity contribution in [3.8, 4) is 0 Å². The van der Waals surface area contributed by atoms with Gasteiger partial charge in [0.25, 0.3) is 0 Å². The van der Waals surface area contributed by atoms with Crippen LogP contribution in [-0.2, 0) is 0 Å². The fourth-order valence-corrected chi connectivity index (χ4v) is 2.16. The molecule has 0 fully saturated rings. The van der Waals surface area contributed by atoms with Crippen LogP contribution in [0.3, 0.4) is 0 Å². The molecule has 1 aromatic rings. The summed E-state index contributed by atoms with van der Waals surface area (Å²) in [4.78, 5) is 8.59. The molecule has 2 unspecified atom stereocenters. The van der Waals surface area contributed by atoms with E-state index in [0.29, 0.717) is 17.9 Å². The van der Waals surface area contributed by atoms with Crippen LogP contribution in [0.1, 0.15) is 45.7 Å². The molecular formula is C13H23N3. The van der Waals surface area contributed by atoms with Crippen molar-refractivity contribution in [1.82, 2.24) is 15.3 Å². The molecule has 1 N–H and O–H groups in total. The van der Waals surface area contributed by atoms with Gasteiger partial charge in [-0.15, -0.1) is 0 Å². The van der Waals surface area contributed by atoms with Crippen LogP contribution >= 0.6 is 0 Å². The molecule has 0 aliphatic heterocycles. The van der Waals surface area contributed by atoms with E-state index in [1.54, 1.807) is 12.4 Å². The fourth-order valence-electron chi connectivity index (χ4n) is 2.16. The predicted molar refractivity (Wildman–Crippen MR) is 67.4 cm³/mol. The van der Waals surface area contributed by atoms with Gasteiger partial charge in [-0.2, -0.15) is 0 Å². The molecule has 2 atom stereocenters. The zero-order valence-electron chi connectivity index (χ0n) is 10.8. The second-order valence-electron chi connectivity index (χ2n) is 4.64. The lowest BCUT2D eigenvalue weighted by Gasteiger charge is -2.27. The van der Waals surface area contributed by atoms with Crippen molar-refractivity contribution in [3.63, 3.8) is 0 Å². The van der Waals surface area contributed by atoms with Gasteiger partial charge in [0.1, 0.15) is 0 Å². The van der Waals surface area contributed by atoms with Gasteiger partial charge in [0, 0.05) is 30.6 Å². The Kier molecular flexibility index (Phi) is 5.39. The highest BCUT2D eigenvalue weighted by molar-refractivity contribution is 5.07. The smallest absolute Gasteiger partial charge is 0.0635 e. The first-order valence-corrected chi connectivity index (χ1v) is 6.16. The van der Waals surface area contributed by atoms with Crippen molar-refractivity contribution >= 4 is 0 Å². The summed E-state index contributed by atoms with van der Waals surface area (Å²) in [5.74, 6) is 0.997. The highest BCUT2D eigenvalue weighted by Gasteiger charge is 2.23. The Morgan fingerprint density at radius 2 is 2.00 bits per heavy atom. The summed E-state index contributed by atoms with van der Waals surface area (Å²) in [6, 6.07) is 0.441. The molecule has 1 rings (SSSR count).